The lowest BCUT2D eigenvalue weighted by Crippen LogP contribution is -2.49. The zero-order valence-electron chi connectivity index (χ0n) is 11.1. The fraction of sp³-hybridized carbons (Fsp3) is 0.846. The van der Waals surface area contributed by atoms with Crippen LogP contribution < -0.4 is 0 Å². The SMILES string of the molecule is CCCc1noc(CN2CCN3CCCC3C2)n1. The summed E-state index contributed by atoms with van der Waals surface area (Å²) in [5.41, 5.74) is 0. The molecule has 2 aliphatic rings. The molecule has 0 saturated carbocycles. The molecule has 3 heterocycles. The lowest BCUT2D eigenvalue weighted by molar-refractivity contribution is 0.0908. The lowest BCUT2D eigenvalue weighted by Gasteiger charge is -2.36. The third kappa shape index (κ3) is 2.57. The van der Waals surface area contributed by atoms with Gasteiger partial charge < -0.3 is 4.52 Å². The first-order chi connectivity index (χ1) is 8.85. The number of aromatic nitrogens is 2. The van der Waals surface area contributed by atoms with Crippen molar-refractivity contribution in [1.82, 2.24) is 19.9 Å². The highest BCUT2D eigenvalue weighted by molar-refractivity contribution is 4.91. The quantitative estimate of drug-likeness (QED) is 0.806. The summed E-state index contributed by atoms with van der Waals surface area (Å²) < 4.78 is 5.31. The molecule has 2 fully saturated rings. The maximum atomic E-state index is 5.31. The van der Waals surface area contributed by atoms with Crippen LogP contribution in [-0.2, 0) is 13.0 Å². The molecule has 100 valence electrons. The standard InChI is InChI=1S/C13H22N4O/c1-2-4-12-14-13(18-15-12)10-16-7-8-17-6-3-5-11(17)9-16/h11H,2-10H2,1H3. The number of nitrogens with zero attached hydrogens (tertiary/aromatic N) is 4. The minimum absolute atomic E-state index is 0.761. The minimum Gasteiger partial charge on any atom is -0.338 e. The molecule has 0 aromatic carbocycles. The number of hydrogen-bond acceptors (Lipinski definition) is 5. The normalized spacial score (nSPS) is 25.5. The summed E-state index contributed by atoms with van der Waals surface area (Å²) >= 11 is 0. The Hall–Kier alpha value is -0.940. The number of hydrogen-bond donors (Lipinski definition) is 0. The molecule has 1 aromatic heterocycles. The van der Waals surface area contributed by atoms with Crippen molar-refractivity contribution in [2.24, 2.45) is 0 Å². The predicted octanol–water partition coefficient (Wildman–Crippen LogP) is 1.30. The van der Waals surface area contributed by atoms with Crippen LogP contribution >= 0.6 is 0 Å². The molecule has 1 aromatic rings. The van der Waals surface area contributed by atoms with Crippen LogP contribution in [0.5, 0.6) is 0 Å². The Kier molecular flexibility index (Phi) is 3.61. The third-order valence-electron chi connectivity index (χ3n) is 4.01. The van der Waals surface area contributed by atoms with E-state index < -0.39 is 0 Å². The van der Waals surface area contributed by atoms with Crippen LogP contribution in [0.1, 0.15) is 37.9 Å². The maximum absolute atomic E-state index is 5.31. The molecule has 0 N–H and O–H groups in total. The highest BCUT2D eigenvalue weighted by Gasteiger charge is 2.30. The van der Waals surface area contributed by atoms with E-state index in [-0.39, 0.29) is 0 Å². The topological polar surface area (TPSA) is 45.4 Å². The predicted molar refractivity (Wildman–Crippen MR) is 68.2 cm³/mol. The molecule has 2 aliphatic heterocycles. The second-order valence-electron chi connectivity index (χ2n) is 5.42. The van der Waals surface area contributed by atoms with Crippen molar-refractivity contribution >= 4 is 0 Å². The average Bonchev–Trinajstić information content (AvgIpc) is 2.98. The minimum atomic E-state index is 0.761. The summed E-state index contributed by atoms with van der Waals surface area (Å²) in [6.45, 7) is 7.73. The molecule has 5 nitrogen and oxygen atoms in total. The summed E-state index contributed by atoms with van der Waals surface area (Å²) in [5.74, 6) is 1.64. The third-order valence-corrected chi connectivity index (χ3v) is 4.01. The van der Waals surface area contributed by atoms with Crippen molar-refractivity contribution < 1.29 is 4.52 Å². The van der Waals surface area contributed by atoms with Gasteiger partial charge in [0.15, 0.2) is 5.82 Å². The van der Waals surface area contributed by atoms with Gasteiger partial charge in [0.2, 0.25) is 5.89 Å². The Labute approximate surface area is 108 Å². The van der Waals surface area contributed by atoms with Crippen LogP contribution in [0, 0.1) is 0 Å². The van der Waals surface area contributed by atoms with E-state index >= 15 is 0 Å². The van der Waals surface area contributed by atoms with Gasteiger partial charge in [0.05, 0.1) is 6.54 Å². The molecule has 2 saturated heterocycles. The number of aryl methyl sites for hydroxylation is 1. The van der Waals surface area contributed by atoms with Crippen LogP contribution in [0.3, 0.4) is 0 Å². The van der Waals surface area contributed by atoms with Gasteiger partial charge in [-0.25, -0.2) is 0 Å². The Bertz CT molecular complexity index is 392. The van der Waals surface area contributed by atoms with E-state index in [2.05, 4.69) is 26.9 Å². The highest BCUT2D eigenvalue weighted by atomic mass is 16.5. The van der Waals surface area contributed by atoms with Gasteiger partial charge in [0.25, 0.3) is 0 Å². The molecule has 5 heteroatoms. The number of rotatable bonds is 4. The summed E-state index contributed by atoms with van der Waals surface area (Å²) in [5, 5.41) is 4.01. The fourth-order valence-electron chi connectivity index (χ4n) is 3.07. The van der Waals surface area contributed by atoms with Gasteiger partial charge in [-0.05, 0) is 25.8 Å². The van der Waals surface area contributed by atoms with E-state index in [0.717, 1.165) is 50.2 Å². The molecular weight excluding hydrogens is 228 g/mol. The summed E-state index contributed by atoms with van der Waals surface area (Å²) in [6.07, 6.45) is 4.70. The first-order valence-corrected chi connectivity index (χ1v) is 7.13. The molecule has 1 unspecified atom stereocenters. The molecular formula is C13H22N4O. The second-order valence-corrected chi connectivity index (χ2v) is 5.42. The summed E-state index contributed by atoms with van der Waals surface area (Å²) in [7, 11) is 0. The van der Waals surface area contributed by atoms with Crippen molar-refractivity contribution in [2.75, 3.05) is 26.2 Å². The molecule has 3 rings (SSSR count). The van der Waals surface area contributed by atoms with Crippen molar-refractivity contribution in [3.63, 3.8) is 0 Å². The van der Waals surface area contributed by atoms with Gasteiger partial charge in [0.1, 0.15) is 0 Å². The van der Waals surface area contributed by atoms with Crippen LogP contribution in [0.2, 0.25) is 0 Å². The molecule has 0 spiro atoms. The van der Waals surface area contributed by atoms with E-state index in [1.807, 2.05) is 0 Å². The van der Waals surface area contributed by atoms with E-state index in [9.17, 15) is 0 Å². The van der Waals surface area contributed by atoms with E-state index in [4.69, 9.17) is 4.52 Å². The average molecular weight is 250 g/mol. The van der Waals surface area contributed by atoms with E-state index in [1.165, 1.54) is 25.9 Å². The van der Waals surface area contributed by atoms with Crippen LogP contribution in [0.4, 0.5) is 0 Å². The summed E-state index contributed by atoms with van der Waals surface area (Å²) in [4.78, 5) is 9.52. The van der Waals surface area contributed by atoms with Crippen molar-refractivity contribution in [3.8, 4) is 0 Å². The van der Waals surface area contributed by atoms with Crippen molar-refractivity contribution in [2.45, 2.75) is 45.2 Å². The Morgan fingerprint density at radius 3 is 3.17 bits per heavy atom. The van der Waals surface area contributed by atoms with Crippen molar-refractivity contribution in [1.29, 1.82) is 0 Å². The largest absolute Gasteiger partial charge is 0.338 e. The van der Waals surface area contributed by atoms with Gasteiger partial charge in [-0.1, -0.05) is 12.1 Å². The van der Waals surface area contributed by atoms with Crippen LogP contribution in [-0.4, -0.2) is 52.2 Å². The van der Waals surface area contributed by atoms with Crippen LogP contribution in [0.15, 0.2) is 4.52 Å². The Morgan fingerprint density at radius 2 is 2.28 bits per heavy atom. The second kappa shape index (κ2) is 5.36. The summed E-state index contributed by atoms with van der Waals surface area (Å²) in [6, 6.07) is 0.761. The van der Waals surface area contributed by atoms with Gasteiger partial charge >= 0.3 is 0 Å². The Balaban J connectivity index is 1.55. The molecule has 1 atom stereocenters. The zero-order valence-corrected chi connectivity index (χ0v) is 11.1. The lowest BCUT2D eigenvalue weighted by atomic mass is 10.1. The Morgan fingerprint density at radius 1 is 1.33 bits per heavy atom. The van der Waals surface area contributed by atoms with Crippen molar-refractivity contribution in [3.05, 3.63) is 11.7 Å². The highest BCUT2D eigenvalue weighted by Crippen LogP contribution is 2.22. The molecule has 18 heavy (non-hydrogen) atoms. The fourth-order valence-corrected chi connectivity index (χ4v) is 3.07. The molecule has 0 aliphatic carbocycles. The van der Waals surface area contributed by atoms with Crippen LogP contribution in [0.25, 0.3) is 0 Å². The molecule has 0 radical (unpaired) electrons. The number of fused-ring (bicyclic) bond motifs is 1. The van der Waals surface area contributed by atoms with Gasteiger partial charge in [-0.3, -0.25) is 9.80 Å². The maximum Gasteiger partial charge on any atom is 0.240 e. The monoisotopic (exact) mass is 250 g/mol. The van der Waals surface area contributed by atoms with Gasteiger partial charge in [-0.2, -0.15) is 4.98 Å². The molecule has 0 amide bonds. The first kappa shape index (κ1) is 12.1. The smallest absolute Gasteiger partial charge is 0.240 e. The molecule has 0 bridgehead atoms. The van der Waals surface area contributed by atoms with E-state index in [0.29, 0.717) is 0 Å². The van der Waals surface area contributed by atoms with E-state index in [1.54, 1.807) is 0 Å². The first-order valence-electron chi connectivity index (χ1n) is 7.13. The zero-order chi connectivity index (χ0) is 12.4. The van der Waals surface area contributed by atoms with Gasteiger partial charge in [0, 0.05) is 32.1 Å². The number of piperazine rings is 1. The van der Waals surface area contributed by atoms with Gasteiger partial charge in [-0.15, -0.1) is 0 Å².